The lowest BCUT2D eigenvalue weighted by molar-refractivity contribution is -0.136. The molecular formula is C11H14N2O4. The number of carbonyl (C=O) groups excluding carboxylic acids is 1. The van der Waals surface area contributed by atoms with Crippen LogP contribution < -0.4 is 11.3 Å². The van der Waals surface area contributed by atoms with Gasteiger partial charge in [-0.3, -0.25) is 10.6 Å². The molecule has 0 saturated carbocycles. The number of carbonyl (C=O) groups is 2. The SMILES string of the molecule is CCOC(=O)c1cc(NN)ccc1CC(=O)O. The number of anilines is 1. The molecule has 1 aromatic carbocycles. The number of carboxylic acids is 1. The Hall–Kier alpha value is -2.08. The third-order valence-electron chi connectivity index (χ3n) is 2.11. The second kappa shape index (κ2) is 5.86. The molecule has 0 unspecified atom stereocenters. The van der Waals surface area contributed by atoms with Gasteiger partial charge in [-0.05, 0) is 24.6 Å². The maximum absolute atomic E-state index is 11.6. The maximum atomic E-state index is 11.6. The minimum Gasteiger partial charge on any atom is -0.481 e. The Morgan fingerprint density at radius 3 is 2.71 bits per heavy atom. The average Bonchev–Trinajstić information content (AvgIpc) is 2.29. The first kappa shape index (κ1) is 13.0. The van der Waals surface area contributed by atoms with Crippen molar-refractivity contribution in [3.8, 4) is 0 Å². The molecule has 0 aromatic heterocycles. The zero-order valence-electron chi connectivity index (χ0n) is 9.40. The quantitative estimate of drug-likeness (QED) is 0.398. The number of nitrogens with one attached hydrogen (secondary N) is 1. The summed E-state index contributed by atoms with van der Waals surface area (Å²) in [6.45, 7) is 1.91. The van der Waals surface area contributed by atoms with Crippen LogP contribution in [-0.4, -0.2) is 23.7 Å². The van der Waals surface area contributed by atoms with E-state index < -0.39 is 11.9 Å². The molecule has 0 heterocycles. The molecule has 1 aromatic rings. The van der Waals surface area contributed by atoms with Crippen LogP contribution in [0.3, 0.4) is 0 Å². The van der Waals surface area contributed by atoms with Gasteiger partial charge in [-0.25, -0.2) is 4.79 Å². The van der Waals surface area contributed by atoms with Gasteiger partial charge in [0.2, 0.25) is 0 Å². The van der Waals surface area contributed by atoms with Crippen molar-refractivity contribution < 1.29 is 19.4 Å². The van der Waals surface area contributed by atoms with E-state index in [4.69, 9.17) is 15.7 Å². The lowest BCUT2D eigenvalue weighted by Crippen LogP contribution is -2.13. The van der Waals surface area contributed by atoms with Gasteiger partial charge in [0.25, 0.3) is 0 Å². The third kappa shape index (κ3) is 3.46. The van der Waals surface area contributed by atoms with E-state index in [1.54, 1.807) is 13.0 Å². The predicted octanol–water partition coefficient (Wildman–Crippen LogP) is 0.776. The highest BCUT2D eigenvalue weighted by Gasteiger charge is 2.15. The number of nitrogen functional groups attached to an aromatic ring is 1. The molecule has 0 amide bonds. The fourth-order valence-corrected chi connectivity index (χ4v) is 1.38. The van der Waals surface area contributed by atoms with Crippen molar-refractivity contribution in [2.45, 2.75) is 13.3 Å². The molecular weight excluding hydrogens is 224 g/mol. The van der Waals surface area contributed by atoms with Crippen LogP contribution in [0.2, 0.25) is 0 Å². The summed E-state index contributed by atoms with van der Waals surface area (Å²) in [4.78, 5) is 22.3. The highest BCUT2D eigenvalue weighted by molar-refractivity contribution is 5.93. The Balaban J connectivity index is 3.10. The standard InChI is InChI=1S/C11H14N2O4/c1-2-17-11(16)9-6-8(13-12)4-3-7(9)5-10(14)15/h3-4,6,13H,2,5,12H2,1H3,(H,14,15). The molecule has 0 bridgehead atoms. The number of nitrogens with two attached hydrogens (primary N) is 1. The highest BCUT2D eigenvalue weighted by atomic mass is 16.5. The molecule has 6 nitrogen and oxygen atoms in total. The number of benzene rings is 1. The molecule has 0 fully saturated rings. The van der Waals surface area contributed by atoms with Crippen LogP contribution in [0.25, 0.3) is 0 Å². The van der Waals surface area contributed by atoms with Crippen LogP contribution in [0.15, 0.2) is 18.2 Å². The van der Waals surface area contributed by atoms with Crippen molar-refractivity contribution >= 4 is 17.6 Å². The molecule has 6 heteroatoms. The van der Waals surface area contributed by atoms with Gasteiger partial charge < -0.3 is 15.3 Å². The van der Waals surface area contributed by atoms with Crippen molar-refractivity contribution in [1.29, 1.82) is 0 Å². The monoisotopic (exact) mass is 238 g/mol. The molecule has 0 aliphatic carbocycles. The molecule has 92 valence electrons. The van der Waals surface area contributed by atoms with E-state index in [1.807, 2.05) is 0 Å². The van der Waals surface area contributed by atoms with E-state index in [9.17, 15) is 9.59 Å². The van der Waals surface area contributed by atoms with Crippen molar-refractivity contribution in [1.82, 2.24) is 0 Å². The van der Waals surface area contributed by atoms with Crippen LogP contribution in [0, 0.1) is 0 Å². The Morgan fingerprint density at radius 2 is 2.18 bits per heavy atom. The highest BCUT2D eigenvalue weighted by Crippen LogP contribution is 2.17. The molecule has 0 spiro atoms. The van der Waals surface area contributed by atoms with Gasteiger partial charge in [0, 0.05) is 5.69 Å². The Kier molecular flexibility index (Phi) is 4.47. The van der Waals surface area contributed by atoms with Gasteiger partial charge in [-0.2, -0.15) is 0 Å². The average molecular weight is 238 g/mol. The van der Waals surface area contributed by atoms with E-state index in [0.717, 1.165) is 0 Å². The fourth-order valence-electron chi connectivity index (χ4n) is 1.38. The van der Waals surface area contributed by atoms with Gasteiger partial charge in [0.1, 0.15) is 0 Å². The number of hydrogen-bond acceptors (Lipinski definition) is 5. The number of aliphatic carboxylic acids is 1. The first-order valence-corrected chi connectivity index (χ1v) is 5.07. The lowest BCUT2D eigenvalue weighted by Gasteiger charge is -2.09. The first-order valence-electron chi connectivity index (χ1n) is 5.07. The molecule has 17 heavy (non-hydrogen) atoms. The normalized spacial score (nSPS) is 9.76. The summed E-state index contributed by atoms with van der Waals surface area (Å²) in [5, 5.41) is 8.74. The van der Waals surface area contributed by atoms with E-state index in [0.29, 0.717) is 11.3 Å². The van der Waals surface area contributed by atoms with E-state index in [-0.39, 0.29) is 18.6 Å². The van der Waals surface area contributed by atoms with Crippen LogP contribution >= 0.6 is 0 Å². The van der Waals surface area contributed by atoms with Crippen LogP contribution in [0.4, 0.5) is 5.69 Å². The lowest BCUT2D eigenvalue weighted by atomic mass is 10.0. The summed E-state index contributed by atoms with van der Waals surface area (Å²) in [7, 11) is 0. The smallest absolute Gasteiger partial charge is 0.338 e. The van der Waals surface area contributed by atoms with Gasteiger partial charge in [-0.15, -0.1) is 0 Å². The van der Waals surface area contributed by atoms with Crippen LogP contribution in [0.1, 0.15) is 22.8 Å². The zero-order chi connectivity index (χ0) is 12.8. The Labute approximate surface area is 98.3 Å². The summed E-state index contributed by atoms with van der Waals surface area (Å²) in [6.07, 6.45) is -0.237. The van der Waals surface area contributed by atoms with Gasteiger partial charge in [0.05, 0.1) is 18.6 Å². The predicted molar refractivity (Wildman–Crippen MR) is 61.5 cm³/mol. The van der Waals surface area contributed by atoms with Crippen molar-refractivity contribution in [3.05, 3.63) is 29.3 Å². The van der Waals surface area contributed by atoms with Crippen molar-refractivity contribution in [2.24, 2.45) is 5.84 Å². The number of hydrogen-bond donors (Lipinski definition) is 3. The minimum atomic E-state index is -1.01. The van der Waals surface area contributed by atoms with Crippen LogP contribution in [-0.2, 0) is 16.0 Å². The largest absolute Gasteiger partial charge is 0.481 e. The summed E-state index contributed by atoms with van der Waals surface area (Å²) in [5.41, 5.74) is 3.52. The molecule has 4 N–H and O–H groups in total. The zero-order valence-corrected chi connectivity index (χ0v) is 9.40. The number of rotatable bonds is 5. The van der Waals surface area contributed by atoms with Crippen molar-refractivity contribution in [3.63, 3.8) is 0 Å². The second-order valence-electron chi connectivity index (χ2n) is 3.31. The summed E-state index contributed by atoms with van der Waals surface area (Å²) in [6, 6.07) is 4.60. The van der Waals surface area contributed by atoms with Crippen LogP contribution in [0.5, 0.6) is 0 Å². The number of carboxylic acid groups (broad SMARTS) is 1. The summed E-state index contributed by atoms with van der Waals surface area (Å²) >= 11 is 0. The number of esters is 1. The summed E-state index contributed by atoms with van der Waals surface area (Å²) < 4.78 is 4.85. The fraction of sp³-hybridized carbons (Fsp3) is 0.273. The number of ether oxygens (including phenoxy) is 1. The number of hydrazine groups is 1. The Morgan fingerprint density at radius 1 is 1.47 bits per heavy atom. The van der Waals surface area contributed by atoms with E-state index >= 15 is 0 Å². The molecule has 0 radical (unpaired) electrons. The topological polar surface area (TPSA) is 102 Å². The van der Waals surface area contributed by atoms with Crippen molar-refractivity contribution in [2.75, 3.05) is 12.0 Å². The minimum absolute atomic E-state index is 0.213. The molecule has 0 aliphatic rings. The third-order valence-corrected chi connectivity index (χ3v) is 2.11. The molecule has 0 saturated heterocycles. The van der Waals surface area contributed by atoms with Gasteiger partial charge in [0.15, 0.2) is 0 Å². The van der Waals surface area contributed by atoms with E-state index in [2.05, 4.69) is 5.43 Å². The van der Waals surface area contributed by atoms with Gasteiger partial charge in [-0.1, -0.05) is 6.07 Å². The maximum Gasteiger partial charge on any atom is 0.338 e. The second-order valence-corrected chi connectivity index (χ2v) is 3.31. The Bertz CT molecular complexity index is 431. The molecule has 1 rings (SSSR count). The van der Waals surface area contributed by atoms with Gasteiger partial charge >= 0.3 is 11.9 Å². The summed E-state index contributed by atoms with van der Waals surface area (Å²) in [5.74, 6) is 3.66. The first-order chi connectivity index (χ1) is 8.08. The molecule has 0 aliphatic heterocycles. The molecule has 0 atom stereocenters. The van der Waals surface area contributed by atoms with E-state index in [1.165, 1.54) is 12.1 Å².